The van der Waals surface area contributed by atoms with Crippen molar-refractivity contribution in [1.29, 1.82) is 0 Å². The largest absolute Gasteiger partial charge is 0.352 e. The fraction of sp³-hybridized carbons (Fsp3) is 0.353. The van der Waals surface area contributed by atoms with E-state index in [1.165, 1.54) is 11.8 Å². The van der Waals surface area contributed by atoms with E-state index in [2.05, 4.69) is 16.9 Å². The van der Waals surface area contributed by atoms with Crippen molar-refractivity contribution in [3.05, 3.63) is 46.2 Å². The number of nitrogens with one attached hydrogen (secondary N) is 1. The lowest BCUT2D eigenvalue weighted by atomic mass is 10.2. The SMILES string of the molecule is C=CCNC(=O)[C@@H](C)Sc1nc2cc(Cl)ccc2c(=O)n1C(C)C. The molecule has 0 spiro atoms. The van der Waals surface area contributed by atoms with E-state index in [1.54, 1.807) is 35.8 Å². The number of carbonyl (C=O) groups excluding carboxylic acids is 1. The Bertz CT molecular complexity index is 832. The molecule has 0 fully saturated rings. The van der Waals surface area contributed by atoms with Gasteiger partial charge in [-0.25, -0.2) is 4.98 Å². The normalized spacial score (nSPS) is 12.4. The molecule has 5 nitrogen and oxygen atoms in total. The maximum Gasteiger partial charge on any atom is 0.262 e. The minimum absolute atomic E-state index is 0.0731. The standard InChI is InChI=1S/C17H20ClN3O2S/c1-5-8-19-15(22)11(4)24-17-20-14-9-12(18)6-7-13(14)16(23)21(17)10(2)3/h5-7,9-11H,1,8H2,2-4H3,(H,19,22)/t11-/m1/s1. The van der Waals surface area contributed by atoms with Crippen molar-refractivity contribution in [3.8, 4) is 0 Å². The van der Waals surface area contributed by atoms with Crippen LogP contribution in [0.4, 0.5) is 0 Å². The zero-order valence-corrected chi connectivity index (χ0v) is 15.4. The van der Waals surface area contributed by atoms with Gasteiger partial charge in [-0.3, -0.25) is 14.2 Å². The lowest BCUT2D eigenvalue weighted by Gasteiger charge is -2.18. The highest BCUT2D eigenvalue weighted by molar-refractivity contribution is 8.00. The quantitative estimate of drug-likeness (QED) is 0.484. The third kappa shape index (κ3) is 3.99. The summed E-state index contributed by atoms with van der Waals surface area (Å²) in [6.07, 6.45) is 1.62. The van der Waals surface area contributed by atoms with Gasteiger partial charge in [0.1, 0.15) is 0 Å². The molecule has 1 N–H and O–H groups in total. The van der Waals surface area contributed by atoms with Crippen molar-refractivity contribution in [3.63, 3.8) is 0 Å². The molecule has 1 atom stereocenters. The predicted molar refractivity (Wildman–Crippen MR) is 99.9 cm³/mol. The maximum absolute atomic E-state index is 12.8. The summed E-state index contributed by atoms with van der Waals surface area (Å²) in [4.78, 5) is 29.4. The zero-order chi connectivity index (χ0) is 17.9. The van der Waals surface area contributed by atoms with Crippen LogP contribution in [0.25, 0.3) is 10.9 Å². The van der Waals surface area contributed by atoms with Crippen LogP contribution < -0.4 is 10.9 Å². The highest BCUT2D eigenvalue weighted by Gasteiger charge is 2.20. The topological polar surface area (TPSA) is 64.0 Å². The molecular formula is C17H20ClN3O2S. The number of carbonyl (C=O) groups is 1. The van der Waals surface area contributed by atoms with Gasteiger partial charge >= 0.3 is 0 Å². The van der Waals surface area contributed by atoms with Gasteiger partial charge in [0.25, 0.3) is 5.56 Å². The molecular weight excluding hydrogens is 346 g/mol. The summed E-state index contributed by atoms with van der Waals surface area (Å²) < 4.78 is 1.61. The molecule has 0 saturated carbocycles. The van der Waals surface area contributed by atoms with Crippen molar-refractivity contribution in [2.24, 2.45) is 0 Å². The Morgan fingerprint density at radius 1 is 1.46 bits per heavy atom. The van der Waals surface area contributed by atoms with E-state index in [9.17, 15) is 9.59 Å². The average molecular weight is 366 g/mol. The summed E-state index contributed by atoms with van der Waals surface area (Å²) in [5.74, 6) is -0.129. The molecule has 1 aromatic carbocycles. The van der Waals surface area contributed by atoms with Crippen LogP contribution in [0.1, 0.15) is 26.8 Å². The summed E-state index contributed by atoms with van der Waals surface area (Å²) in [5.41, 5.74) is 0.401. The Morgan fingerprint density at radius 2 is 2.17 bits per heavy atom. The van der Waals surface area contributed by atoms with E-state index in [0.717, 1.165) is 0 Å². The van der Waals surface area contributed by atoms with Crippen LogP contribution in [0, 0.1) is 0 Å². The highest BCUT2D eigenvalue weighted by atomic mass is 35.5. The molecule has 0 aliphatic heterocycles. The van der Waals surface area contributed by atoms with Crippen molar-refractivity contribution < 1.29 is 4.79 Å². The van der Waals surface area contributed by atoms with Gasteiger partial charge in [-0.1, -0.05) is 29.4 Å². The molecule has 0 aliphatic carbocycles. The lowest BCUT2D eigenvalue weighted by Crippen LogP contribution is -2.32. The van der Waals surface area contributed by atoms with Crippen molar-refractivity contribution in [2.45, 2.75) is 37.2 Å². The Kier molecular flexibility index (Phi) is 6.07. The van der Waals surface area contributed by atoms with Gasteiger partial charge in [0.15, 0.2) is 5.16 Å². The number of halogens is 1. The Balaban J connectivity index is 2.47. The molecule has 0 bridgehead atoms. The van der Waals surface area contributed by atoms with E-state index in [-0.39, 0.29) is 17.5 Å². The number of nitrogens with zero attached hydrogens (tertiary/aromatic N) is 2. The van der Waals surface area contributed by atoms with E-state index in [1.807, 2.05) is 13.8 Å². The summed E-state index contributed by atoms with van der Waals surface area (Å²) in [6.45, 7) is 9.59. The van der Waals surface area contributed by atoms with Gasteiger partial charge < -0.3 is 5.32 Å². The number of hydrogen-bond acceptors (Lipinski definition) is 4. The molecule has 2 rings (SSSR count). The van der Waals surface area contributed by atoms with Gasteiger partial charge in [-0.2, -0.15) is 0 Å². The fourth-order valence-electron chi connectivity index (χ4n) is 2.22. The molecule has 1 heterocycles. The summed E-state index contributed by atoms with van der Waals surface area (Å²) in [7, 11) is 0. The summed E-state index contributed by atoms with van der Waals surface area (Å²) in [6, 6.07) is 4.95. The minimum Gasteiger partial charge on any atom is -0.352 e. The average Bonchev–Trinajstić information content (AvgIpc) is 2.51. The molecule has 0 saturated heterocycles. The van der Waals surface area contributed by atoms with Crippen molar-refractivity contribution in [2.75, 3.05) is 6.54 Å². The number of aromatic nitrogens is 2. The fourth-order valence-corrected chi connectivity index (χ4v) is 3.45. The minimum atomic E-state index is -0.390. The third-order valence-corrected chi connectivity index (χ3v) is 4.72. The molecule has 0 radical (unpaired) electrons. The molecule has 128 valence electrons. The van der Waals surface area contributed by atoms with Crippen molar-refractivity contribution in [1.82, 2.24) is 14.9 Å². The zero-order valence-electron chi connectivity index (χ0n) is 13.9. The molecule has 7 heteroatoms. The number of rotatable bonds is 6. The van der Waals surface area contributed by atoms with Gasteiger partial charge in [0.2, 0.25) is 5.91 Å². The van der Waals surface area contributed by atoms with Crippen LogP contribution in [-0.4, -0.2) is 27.3 Å². The number of thioether (sulfide) groups is 1. The first-order valence-electron chi connectivity index (χ1n) is 7.62. The highest BCUT2D eigenvalue weighted by Crippen LogP contribution is 2.25. The Hall–Kier alpha value is -1.79. The van der Waals surface area contributed by atoms with Crippen LogP contribution in [0.2, 0.25) is 5.02 Å². The maximum atomic E-state index is 12.8. The second-order valence-corrected chi connectivity index (χ2v) is 7.36. The van der Waals surface area contributed by atoms with Crippen LogP contribution in [0.5, 0.6) is 0 Å². The number of amides is 1. The lowest BCUT2D eigenvalue weighted by molar-refractivity contribution is -0.120. The molecule has 1 aromatic heterocycles. The smallest absolute Gasteiger partial charge is 0.262 e. The van der Waals surface area contributed by atoms with Crippen LogP contribution in [-0.2, 0) is 4.79 Å². The predicted octanol–water partition coefficient (Wildman–Crippen LogP) is 3.41. The summed E-state index contributed by atoms with van der Waals surface area (Å²) in [5, 5.41) is 3.90. The van der Waals surface area contributed by atoms with Gasteiger partial charge in [0.05, 0.1) is 16.2 Å². The van der Waals surface area contributed by atoms with Crippen LogP contribution in [0.3, 0.4) is 0 Å². The molecule has 0 aliphatic rings. The van der Waals surface area contributed by atoms with Gasteiger partial charge in [0, 0.05) is 17.6 Å². The number of hydrogen-bond donors (Lipinski definition) is 1. The van der Waals surface area contributed by atoms with E-state index >= 15 is 0 Å². The molecule has 24 heavy (non-hydrogen) atoms. The second-order valence-electron chi connectivity index (χ2n) is 5.62. The first kappa shape index (κ1) is 18.5. The van der Waals surface area contributed by atoms with Crippen LogP contribution in [0.15, 0.2) is 40.8 Å². The molecule has 2 aromatic rings. The second kappa shape index (κ2) is 7.85. The first-order chi connectivity index (χ1) is 11.3. The number of fused-ring (bicyclic) bond motifs is 1. The first-order valence-corrected chi connectivity index (χ1v) is 8.88. The van der Waals surface area contributed by atoms with E-state index in [4.69, 9.17) is 11.6 Å². The summed E-state index contributed by atoms with van der Waals surface area (Å²) >= 11 is 7.26. The third-order valence-electron chi connectivity index (χ3n) is 3.42. The van der Waals surface area contributed by atoms with Gasteiger partial charge in [-0.05, 0) is 39.0 Å². The molecule has 0 unspecified atom stereocenters. The molecule has 1 amide bonds. The van der Waals surface area contributed by atoms with E-state index < -0.39 is 5.25 Å². The number of benzene rings is 1. The van der Waals surface area contributed by atoms with Gasteiger partial charge in [-0.15, -0.1) is 6.58 Å². The van der Waals surface area contributed by atoms with Crippen LogP contribution >= 0.6 is 23.4 Å². The monoisotopic (exact) mass is 365 g/mol. The van der Waals surface area contributed by atoms with Crippen molar-refractivity contribution >= 4 is 40.2 Å². The Labute approximate surface area is 150 Å². The van der Waals surface area contributed by atoms with E-state index in [0.29, 0.717) is 27.6 Å². The Morgan fingerprint density at radius 3 is 2.79 bits per heavy atom.